The first-order valence-electron chi connectivity index (χ1n) is 18.5. The van der Waals surface area contributed by atoms with Crippen LogP contribution in [0.15, 0.2) is 87.8 Å². The molecule has 0 unspecified atom stereocenters. The molecule has 0 saturated carbocycles. The summed E-state index contributed by atoms with van der Waals surface area (Å²) in [6.45, 7) is -0.192. The molecule has 1 fully saturated rings. The lowest BCUT2D eigenvalue weighted by atomic mass is 10.1. The van der Waals surface area contributed by atoms with Gasteiger partial charge in [0.15, 0.2) is 0 Å². The first-order chi connectivity index (χ1) is 29.1. The van der Waals surface area contributed by atoms with Gasteiger partial charge in [0.2, 0.25) is 20.9 Å². The zero-order valence-electron chi connectivity index (χ0n) is 32.5. The number of hydrogen-bond donors (Lipinski definition) is 1. The Morgan fingerprint density at radius 3 is 1.69 bits per heavy atom. The third kappa shape index (κ3) is 10.8. The molecule has 7 rings (SSSR count). The van der Waals surface area contributed by atoms with Crippen molar-refractivity contribution < 1.29 is 44.3 Å². The third-order valence-electron chi connectivity index (χ3n) is 9.32. The standard InChI is InChI=1S/C23H23ClF3N5O3.C16H11ClF3N3O3S/c1-2-35-22(34)31-9-7-15(8-10-31)29-21-28-12-14-11-17(16-5-3-4-6-18(16)24)20(33)32(19(14)30-21)13-23(25,26)27;1-27(25,26)15-21-7-9-6-11(10-4-2-3-5-12(10)17)14(24)23(13(9)22-15)8-16(18,19)20/h3-6,11-12,15H,2,7-10,13H2,1H3,(H,28,29,30);2-7H,8H2,1H3. The van der Waals surface area contributed by atoms with Gasteiger partial charge in [0, 0.05) is 80.9 Å². The Hall–Kier alpha value is -5.80. The SMILES string of the molecule is CCOC(=O)N1CCC(Nc2ncc3cc(-c4ccccc4Cl)c(=O)n(CC(F)(F)F)c3n2)CC1.CS(=O)(=O)c1ncc2cc(-c3ccccc3Cl)c(=O)n(CC(F)(F)F)c2n1. The third-order valence-corrected chi connectivity index (χ3v) is 10.8. The molecule has 1 amide bonds. The lowest BCUT2D eigenvalue weighted by Crippen LogP contribution is -2.42. The number of rotatable bonds is 8. The number of nitrogens with one attached hydrogen (secondary N) is 1. The monoisotopic (exact) mass is 926 g/mol. The smallest absolute Gasteiger partial charge is 0.409 e. The van der Waals surface area contributed by atoms with Gasteiger partial charge < -0.3 is 15.0 Å². The fourth-order valence-corrected chi connectivity index (χ4v) is 7.52. The molecule has 0 atom stereocenters. The van der Waals surface area contributed by atoms with Crippen LogP contribution in [-0.2, 0) is 27.7 Å². The largest absolute Gasteiger partial charge is 0.450 e. The Morgan fingerprint density at radius 2 is 1.24 bits per heavy atom. The minimum absolute atomic E-state index is 0.0306. The first-order valence-corrected chi connectivity index (χ1v) is 21.1. The second-order valence-electron chi connectivity index (χ2n) is 13.9. The van der Waals surface area contributed by atoms with E-state index in [4.69, 9.17) is 27.9 Å². The fourth-order valence-electron chi connectivity index (χ4n) is 6.55. The Kier molecular flexibility index (Phi) is 13.5. The summed E-state index contributed by atoms with van der Waals surface area (Å²) in [6.07, 6.45) is -5.32. The first kappa shape index (κ1) is 45.7. The number of anilines is 1. The average Bonchev–Trinajstić information content (AvgIpc) is 3.20. The molecule has 0 spiro atoms. The molecule has 1 aliphatic heterocycles. The van der Waals surface area contributed by atoms with Gasteiger partial charge in [-0.3, -0.25) is 18.7 Å². The minimum Gasteiger partial charge on any atom is -0.450 e. The summed E-state index contributed by atoms with van der Waals surface area (Å²) in [5, 5.41) is 3.21. The number of carbonyl (C=O) groups excluding carboxylic acids is 1. The Labute approximate surface area is 358 Å². The highest BCUT2D eigenvalue weighted by Gasteiger charge is 2.32. The van der Waals surface area contributed by atoms with E-state index in [0.29, 0.717) is 47.2 Å². The molecule has 6 aromatic rings. The maximum Gasteiger partial charge on any atom is 0.409 e. The molecule has 4 aromatic heterocycles. The lowest BCUT2D eigenvalue weighted by molar-refractivity contribution is -0.141. The van der Waals surface area contributed by atoms with Crippen LogP contribution in [-0.4, -0.2) is 92.8 Å². The van der Waals surface area contributed by atoms with Crippen LogP contribution in [0.25, 0.3) is 44.3 Å². The number of sulfone groups is 1. The van der Waals surface area contributed by atoms with Crippen LogP contribution in [0.3, 0.4) is 0 Å². The van der Waals surface area contributed by atoms with Crippen molar-refractivity contribution >= 4 is 67.1 Å². The minimum atomic E-state index is -4.73. The Morgan fingerprint density at radius 1 is 0.774 bits per heavy atom. The fraction of sp³-hybridized carbons (Fsp3) is 0.308. The van der Waals surface area contributed by atoms with Gasteiger partial charge in [0.1, 0.15) is 24.4 Å². The van der Waals surface area contributed by atoms with Crippen molar-refractivity contribution in [2.75, 3.05) is 31.3 Å². The van der Waals surface area contributed by atoms with E-state index in [2.05, 4.69) is 25.3 Å². The number of likely N-dealkylation sites (tertiary alicyclic amines) is 1. The molecule has 0 radical (unpaired) electrons. The van der Waals surface area contributed by atoms with E-state index >= 15 is 0 Å². The van der Waals surface area contributed by atoms with Gasteiger partial charge in [-0.15, -0.1) is 0 Å². The van der Waals surface area contributed by atoms with Gasteiger partial charge in [-0.05, 0) is 44.0 Å². The molecule has 1 saturated heterocycles. The number of fused-ring (bicyclic) bond motifs is 2. The van der Waals surface area contributed by atoms with E-state index in [-0.39, 0.29) is 61.2 Å². The molecule has 2 aromatic carbocycles. The number of benzene rings is 2. The summed E-state index contributed by atoms with van der Waals surface area (Å²) in [7, 11) is -3.88. The summed E-state index contributed by atoms with van der Waals surface area (Å²) in [5.41, 5.74) is -1.88. The van der Waals surface area contributed by atoms with E-state index < -0.39 is 57.2 Å². The van der Waals surface area contributed by atoms with Crippen LogP contribution in [0.4, 0.5) is 37.1 Å². The second kappa shape index (κ2) is 18.3. The van der Waals surface area contributed by atoms with Gasteiger partial charge in [0.25, 0.3) is 11.1 Å². The topological polar surface area (TPSA) is 171 Å². The van der Waals surface area contributed by atoms with Crippen LogP contribution in [0.1, 0.15) is 19.8 Å². The maximum absolute atomic E-state index is 13.4. The normalized spacial score (nSPS) is 13.8. The highest BCUT2D eigenvalue weighted by atomic mass is 35.5. The maximum atomic E-state index is 13.4. The summed E-state index contributed by atoms with van der Waals surface area (Å²) in [6, 6.07) is 15.3. The predicted molar refractivity (Wildman–Crippen MR) is 219 cm³/mol. The number of piperidine rings is 1. The number of pyridine rings is 2. The molecular weight excluding hydrogens is 893 g/mol. The zero-order chi connectivity index (χ0) is 45.1. The van der Waals surface area contributed by atoms with Gasteiger partial charge in [-0.2, -0.15) is 36.3 Å². The number of amides is 1. The van der Waals surface area contributed by atoms with Gasteiger partial charge in [-0.1, -0.05) is 59.6 Å². The Balaban J connectivity index is 0.000000214. The number of halogens is 8. The summed E-state index contributed by atoms with van der Waals surface area (Å²) >= 11 is 12.3. The molecule has 23 heteroatoms. The van der Waals surface area contributed by atoms with Crippen molar-refractivity contribution in [1.29, 1.82) is 0 Å². The summed E-state index contributed by atoms with van der Waals surface area (Å²) < 4.78 is 109. The highest BCUT2D eigenvalue weighted by Crippen LogP contribution is 2.30. The van der Waals surface area contributed by atoms with E-state index in [1.54, 1.807) is 48.2 Å². The quantitative estimate of drug-likeness (QED) is 0.117. The number of carbonyl (C=O) groups is 1. The number of nitrogens with zero attached hydrogens (tertiary/aromatic N) is 7. The Bertz CT molecular complexity index is 2890. The molecular formula is C39H34Cl2F6N8O6S. The molecule has 1 N–H and O–H groups in total. The van der Waals surface area contributed by atoms with Crippen LogP contribution in [0, 0.1) is 0 Å². The van der Waals surface area contributed by atoms with Crippen LogP contribution in [0.5, 0.6) is 0 Å². The highest BCUT2D eigenvalue weighted by molar-refractivity contribution is 7.90. The summed E-state index contributed by atoms with van der Waals surface area (Å²) in [5.74, 6) is 0.105. The van der Waals surface area contributed by atoms with Crippen molar-refractivity contribution in [2.24, 2.45) is 0 Å². The molecule has 0 bridgehead atoms. The number of hydrogen-bond acceptors (Lipinski definition) is 11. The van der Waals surface area contributed by atoms with Crippen LogP contribution in [0.2, 0.25) is 10.0 Å². The van der Waals surface area contributed by atoms with Crippen molar-refractivity contribution in [3.05, 3.63) is 104 Å². The van der Waals surface area contributed by atoms with E-state index in [1.165, 1.54) is 30.5 Å². The second-order valence-corrected chi connectivity index (χ2v) is 16.6. The number of alkyl halides is 6. The van der Waals surface area contributed by atoms with Crippen molar-refractivity contribution in [2.45, 2.75) is 56.4 Å². The number of aromatic nitrogens is 6. The summed E-state index contributed by atoms with van der Waals surface area (Å²) in [4.78, 5) is 55.2. The van der Waals surface area contributed by atoms with Crippen molar-refractivity contribution in [1.82, 2.24) is 34.0 Å². The van der Waals surface area contributed by atoms with E-state index in [1.807, 2.05) is 0 Å². The molecule has 5 heterocycles. The molecule has 0 aliphatic carbocycles. The number of ether oxygens (including phenoxy) is 1. The van der Waals surface area contributed by atoms with Crippen molar-refractivity contribution in [3.63, 3.8) is 0 Å². The lowest BCUT2D eigenvalue weighted by Gasteiger charge is -2.31. The van der Waals surface area contributed by atoms with Crippen LogP contribution < -0.4 is 16.4 Å². The van der Waals surface area contributed by atoms with Crippen molar-refractivity contribution in [3.8, 4) is 22.3 Å². The van der Waals surface area contributed by atoms with Crippen LogP contribution >= 0.6 is 23.2 Å². The van der Waals surface area contributed by atoms with E-state index in [0.717, 1.165) is 12.5 Å². The molecule has 62 heavy (non-hydrogen) atoms. The van der Waals surface area contributed by atoms with Gasteiger partial charge >= 0.3 is 18.4 Å². The molecule has 1 aliphatic rings. The van der Waals surface area contributed by atoms with E-state index in [9.17, 15) is 49.1 Å². The average molecular weight is 928 g/mol. The molecule has 328 valence electrons. The predicted octanol–water partition coefficient (Wildman–Crippen LogP) is 7.78. The van der Waals surface area contributed by atoms with Gasteiger partial charge in [0.05, 0.1) is 6.61 Å². The zero-order valence-corrected chi connectivity index (χ0v) is 34.8. The van der Waals surface area contributed by atoms with Gasteiger partial charge in [-0.25, -0.2) is 23.2 Å². The molecule has 14 nitrogen and oxygen atoms in total.